The number of benzene rings is 4. The van der Waals surface area contributed by atoms with E-state index in [1.54, 1.807) is 18.2 Å². The maximum atomic E-state index is 10.3. The average molecular weight is 470 g/mol. The van der Waals surface area contributed by atoms with Crippen molar-refractivity contribution in [3.63, 3.8) is 0 Å². The number of ether oxygens (including phenoxy) is 1. The molecule has 0 aliphatic carbocycles. The lowest BCUT2D eigenvalue weighted by Crippen LogP contribution is -2.13. The maximum absolute atomic E-state index is 10.3. The van der Waals surface area contributed by atoms with E-state index in [4.69, 9.17) is 4.74 Å². The Labute approximate surface area is 206 Å². The van der Waals surface area contributed by atoms with Crippen LogP contribution in [-0.2, 0) is 0 Å². The molecule has 0 aliphatic rings. The van der Waals surface area contributed by atoms with Crippen LogP contribution in [0.25, 0.3) is 0 Å². The molecule has 0 bridgehead atoms. The number of phenolic OH excluding ortho intramolecular Hbond substituents is 3. The van der Waals surface area contributed by atoms with Crippen molar-refractivity contribution in [3.05, 3.63) is 94.0 Å². The zero-order valence-electron chi connectivity index (χ0n) is 21.0. The molecule has 0 aromatic heterocycles. The van der Waals surface area contributed by atoms with Crippen LogP contribution in [0.15, 0.2) is 60.7 Å². The van der Waals surface area contributed by atoms with Crippen molar-refractivity contribution >= 4 is 17.1 Å². The Balaban J connectivity index is 1.87. The van der Waals surface area contributed by atoms with Crippen molar-refractivity contribution in [2.75, 3.05) is 4.90 Å². The van der Waals surface area contributed by atoms with E-state index in [2.05, 4.69) is 4.90 Å². The lowest BCUT2D eigenvalue weighted by Gasteiger charge is -2.30. The van der Waals surface area contributed by atoms with Gasteiger partial charge in [-0.2, -0.15) is 0 Å². The van der Waals surface area contributed by atoms with E-state index in [1.807, 2.05) is 84.0 Å². The molecule has 0 atom stereocenters. The molecule has 0 amide bonds. The third kappa shape index (κ3) is 4.76. The molecule has 5 heteroatoms. The topological polar surface area (TPSA) is 73.2 Å². The quantitative estimate of drug-likeness (QED) is 0.277. The molecular weight excluding hydrogens is 438 g/mol. The van der Waals surface area contributed by atoms with Crippen LogP contribution in [0, 0.1) is 41.5 Å². The first-order valence-electron chi connectivity index (χ1n) is 11.5. The number of aromatic hydroxyl groups is 3. The molecule has 0 fully saturated rings. The minimum atomic E-state index is 0.189. The number of aryl methyl sites for hydroxylation is 6. The fourth-order valence-electron chi connectivity index (χ4n) is 4.21. The molecule has 3 N–H and O–H groups in total. The molecule has 0 aliphatic heterocycles. The van der Waals surface area contributed by atoms with E-state index < -0.39 is 0 Å². The second-order valence-corrected chi connectivity index (χ2v) is 9.19. The Morgan fingerprint density at radius 2 is 1.06 bits per heavy atom. The van der Waals surface area contributed by atoms with Crippen molar-refractivity contribution < 1.29 is 20.1 Å². The second kappa shape index (κ2) is 9.26. The number of phenols is 3. The Morgan fingerprint density at radius 1 is 0.543 bits per heavy atom. The SMILES string of the molecule is Cc1cc(N(c2cccc(Oc3cc(O)c(C)cc3C)c2)c2cc(C)c(O)cc2C)c(C)cc1O. The standard InChI is InChI=1S/C30H31NO4/c1-17-13-27(32)20(4)11-25(17)31(26-12-21(5)28(33)14-18(26)2)23-8-7-9-24(15-23)35-30-16-29(34)19(3)10-22(30)6/h7-16,32-34H,1-6H3. The average Bonchev–Trinajstić information content (AvgIpc) is 2.79. The van der Waals surface area contributed by atoms with Gasteiger partial charge < -0.3 is 25.0 Å². The fraction of sp³-hybridized carbons (Fsp3) is 0.200. The largest absolute Gasteiger partial charge is 0.508 e. The molecule has 0 spiro atoms. The third-order valence-corrected chi connectivity index (χ3v) is 6.31. The second-order valence-electron chi connectivity index (χ2n) is 9.19. The number of anilines is 3. The summed E-state index contributed by atoms with van der Waals surface area (Å²) in [5, 5.41) is 30.7. The van der Waals surface area contributed by atoms with E-state index in [1.165, 1.54) is 0 Å². The van der Waals surface area contributed by atoms with Gasteiger partial charge >= 0.3 is 0 Å². The number of hydrogen-bond donors (Lipinski definition) is 3. The van der Waals surface area contributed by atoms with Crippen LogP contribution in [-0.4, -0.2) is 15.3 Å². The molecular formula is C30H31NO4. The molecule has 4 rings (SSSR count). The maximum Gasteiger partial charge on any atom is 0.134 e. The van der Waals surface area contributed by atoms with Crippen LogP contribution in [0.4, 0.5) is 17.1 Å². The molecule has 35 heavy (non-hydrogen) atoms. The molecule has 0 radical (unpaired) electrons. The summed E-state index contributed by atoms with van der Waals surface area (Å²) in [6.45, 7) is 11.5. The van der Waals surface area contributed by atoms with Gasteiger partial charge in [-0.3, -0.25) is 0 Å². The molecule has 0 unspecified atom stereocenters. The van der Waals surface area contributed by atoms with Crippen molar-refractivity contribution in [1.29, 1.82) is 0 Å². The van der Waals surface area contributed by atoms with E-state index in [9.17, 15) is 15.3 Å². The van der Waals surface area contributed by atoms with Crippen LogP contribution in [0.5, 0.6) is 28.7 Å². The smallest absolute Gasteiger partial charge is 0.134 e. The first-order chi connectivity index (χ1) is 16.5. The van der Waals surface area contributed by atoms with E-state index in [-0.39, 0.29) is 17.2 Å². The van der Waals surface area contributed by atoms with Crippen molar-refractivity contribution in [2.45, 2.75) is 41.5 Å². The molecule has 0 saturated heterocycles. The lowest BCUT2D eigenvalue weighted by molar-refractivity contribution is 0.450. The number of nitrogens with zero attached hydrogens (tertiary/aromatic N) is 1. The van der Waals surface area contributed by atoms with Crippen molar-refractivity contribution in [2.24, 2.45) is 0 Å². The summed E-state index contributed by atoms with van der Waals surface area (Å²) in [6.07, 6.45) is 0. The van der Waals surface area contributed by atoms with Gasteiger partial charge in [-0.1, -0.05) is 6.07 Å². The van der Waals surface area contributed by atoms with Gasteiger partial charge in [0.1, 0.15) is 28.7 Å². The highest BCUT2D eigenvalue weighted by Crippen LogP contribution is 2.43. The normalized spacial score (nSPS) is 10.9. The molecule has 5 nitrogen and oxygen atoms in total. The minimum Gasteiger partial charge on any atom is -0.508 e. The summed E-state index contributed by atoms with van der Waals surface area (Å²) < 4.78 is 6.19. The van der Waals surface area contributed by atoms with Gasteiger partial charge in [0.15, 0.2) is 0 Å². The summed E-state index contributed by atoms with van der Waals surface area (Å²) >= 11 is 0. The van der Waals surface area contributed by atoms with E-state index in [0.717, 1.165) is 50.4 Å². The minimum absolute atomic E-state index is 0.189. The monoisotopic (exact) mass is 469 g/mol. The van der Waals surface area contributed by atoms with E-state index >= 15 is 0 Å². The predicted octanol–water partition coefficient (Wildman–Crippen LogP) is 7.92. The molecule has 0 saturated carbocycles. The van der Waals surface area contributed by atoms with Crippen LogP contribution in [0.3, 0.4) is 0 Å². The molecule has 4 aromatic rings. The molecule has 4 aromatic carbocycles. The molecule has 0 heterocycles. The van der Waals surface area contributed by atoms with Crippen molar-refractivity contribution in [1.82, 2.24) is 0 Å². The lowest BCUT2D eigenvalue weighted by atomic mass is 10.0. The van der Waals surface area contributed by atoms with Gasteiger partial charge in [0, 0.05) is 29.2 Å². The number of rotatable bonds is 5. The van der Waals surface area contributed by atoms with Crippen LogP contribution in [0.2, 0.25) is 0 Å². The van der Waals surface area contributed by atoms with Gasteiger partial charge in [0.2, 0.25) is 0 Å². The molecule has 180 valence electrons. The third-order valence-electron chi connectivity index (χ3n) is 6.31. The highest BCUT2D eigenvalue weighted by atomic mass is 16.5. The summed E-state index contributed by atoms with van der Waals surface area (Å²) in [4.78, 5) is 2.11. The number of hydrogen-bond acceptors (Lipinski definition) is 5. The zero-order valence-corrected chi connectivity index (χ0v) is 21.0. The first kappa shape index (κ1) is 24.0. The van der Waals surface area contributed by atoms with Crippen LogP contribution < -0.4 is 9.64 Å². The van der Waals surface area contributed by atoms with Gasteiger partial charge in [0.25, 0.3) is 0 Å². The van der Waals surface area contributed by atoms with Gasteiger partial charge in [-0.25, -0.2) is 0 Å². The predicted molar refractivity (Wildman–Crippen MR) is 141 cm³/mol. The van der Waals surface area contributed by atoms with Gasteiger partial charge in [-0.15, -0.1) is 0 Å². The highest BCUT2D eigenvalue weighted by molar-refractivity contribution is 5.82. The van der Waals surface area contributed by atoms with Gasteiger partial charge in [-0.05, 0) is 117 Å². The fourth-order valence-corrected chi connectivity index (χ4v) is 4.21. The highest BCUT2D eigenvalue weighted by Gasteiger charge is 2.20. The summed E-state index contributed by atoms with van der Waals surface area (Å²) in [5.74, 6) is 1.90. The van der Waals surface area contributed by atoms with Gasteiger partial charge in [0.05, 0.1) is 0 Å². The Kier molecular flexibility index (Phi) is 6.35. The Bertz CT molecular complexity index is 1370. The summed E-state index contributed by atoms with van der Waals surface area (Å²) in [7, 11) is 0. The van der Waals surface area contributed by atoms with Crippen molar-refractivity contribution in [3.8, 4) is 28.7 Å². The zero-order chi connectivity index (χ0) is 25.4. The Morgan fingerprint density at radius 3 is 1.63 bits per heavy atom. The summed E-state index contributed by atoms with van der Waals surface area (Å²) in [5.41, 5.74) is 7.75. The Hall–Kier alpha value is -4.12. The van der Waals surface area contributed by atoms with Crippen LogP contribution >= 0.6 is 0 Å². The summed E-state index contributed by atoms with van der Waals surface area (Å²) in [6, 6.07) is 18.7. The van der Waals surface area contributed by atoms with E-state index in [0.29, 0.717) is 11.5 Å². The van der Waals surface area contributed by atoms with Crippen LogP contribution in [0.1, 0.15) is 33.4 Å². The first-order valence-corrected chi connectivity index (χ1v) is 11.5.